The van der Waals surface area contributed by atoms with Crippen LogP contribution in [0.3, 0.4) is 0 Å². The molecule has 1 aliphatic heterocycles. The average Bonchev–Trinajstić information content (AvgIpc) is 3.07. The van der Waals surface area contributed by atoms with E-state index in [4.69, 9.17) is 37.9 Å². The lowest BCUT2D eigenvalue weighted by Gasteiger charge is -2.38. The second-order valence-corrected chi connectivity index (χ2v) is 13.2. The first-order valence-electron chi connectivity index (χ1n) is 16.9. The van der Waals surface area contributed by atoms with E-state index in [1.807, 2.05) is 75.3 Å². The Balaban J connectivity index is 0. The standard InChI is InChI=1S/C17H21FN2O2.C9H17Cl2NO2.C8H6FN.2C2H6/c1-16(2,3)22-15(21)20-10-8-17(12-19,9-11-20)13-6-4-5-7-14(13)18;1-9(2,3)14-8(13)12(6-4-10)7-5-11;9-8-4-2-1-3-7(8)5-6-10;2*1-2/h4-7H,8-11H2,1-3H3;4-7H2,1-3H3;1-4H,5H2;2*1-2H3. The summed E-state index contributed by atoms with van der Waals surface area (Å²) in [6.45, 7) is 20.6. The predicted octanol–water partition coefficient (Wildman–Crippen LogP) is 10.3. The van der Waals surface area contributed by atoms with Crippen LogP contribution in [-0.4, -0.2) is 71.1 Å². The van der Waals surface area contributed by atoms with Crippen molar-refractivity contribution in [3.8, 4) is 12.1 Å². The maximum absolute atomic E-state index is 14.0. The van der Waals surface area contributed by atoms with E-state index in [2.05, 4.69) is 6.07 Å². The van der Waals surface area contributed by atoms with Gasteiger partial charge in [0.25, 0.3) is 0 Å². The van der Waals surface area contributed by atoms with Crippen LogP contribution in [0.2, 0.25) is 0 Å². The number of rotatable bonds is 6. The molecule has 0 bridgehead atoms. The molecule has 0 radical (unpaired) electrons. The largest absolute Gasteiger partial charge is 0.444 e. The van der Waals surface area contributed by atoms with E-state index in [-0.39, 0.29) is 30.2 Å². The number of nitriles is 2. The van der Waals surface area contributed by atoms with Gasteiger partial charge in [-0.1, -0.05) is 64.1 Å². The van der Waals surface area contributed by atoms with Gasteiger partial charge < -0.3 is 19.3 Å². The lowest BCUT2D eigenvalue weighted by molar-refractivity contribution is 0.0183. The second kappa shape index (κ2) is 25.4. The molecule has 50 heavy (non-hydrogen) atoms. The minimum absolute atomic E-state index is 0.146. The van der Waals surface area contributed by atoms with E-state index >= 15 is 0 Å². The summed E-state index contributed by atoms with van der Waals surface area (Å²) < 4.78 is 37.2. The molecule has 1 heterocycles. The fourth-order valence-electron chi connectivity index (χ4n) is 4.24. The smallest absolute Gasteiger partial charge is 0.410 e. The molecule has 0 saturated carbocycles. The maximum Gasteiger partial charge on any atom is 0.410 e. The van der Waals surface area contributed by atoms with Crippen molar-refractivity contribution in [3.63, 3.8) is 0 Å². The molecule has 2 aromatic rings. The van der Waals surface area contributed by atoms with Crippen molar-refractivity contribution < 1.29 is 27.8 Å². The molecule has 0 unspecified atom stereocenters. The summed E-state index contributed by atoms with van der Waals surface area (Å²) in [6, 6.07) is 16.8. The van der Waals surface area contributed by atoms with Gasteiger partial charge in [0, 0.05) is 49.1 Å². The lowest BCUT2D eigenvalue weighted by atomic mass is 9.74. The SMILES string of the molecule is CC.CC.CC(C)(C)OC(=O)N(CCCl)CCCl.CC(C)(C)OC(=O)N1CCC(C#N)(c2ccccc2F)CC1.N#CCc1ccccc1F. The third-order valence-corrected chi connectivity index (χ3v) is 6.80. The van der Waals surface area contributed by atoms with Gasteiger partial charge in [0.05, 0.1) is 24.0 Å². The van der Waals surface area contributed by atoms with Gasteiger partial charge in [0.2, 0.25) is 0 Å². The molecule has 0 atom stereocenters. The Bertz CT molecular complexity index is 1340. The number of amides is 2. The summed E-state index contributed by atoms with van der Waals surface area (Å²) >= 11 is 11.1. The van der Waals surface area contributed by atoms with E-state index in [0.29, 0.717) is 61.9 Å². The summed E-state index contributed by atoms with van der Waals surface area (Å²) in [7, 11) is 0. The van der Waals surface area contributed by atoms with Crippen LogP contribution in [0.4, 0.5) is 18.4 Å². The minimum Gasteiger partial charge on any atom is -0.444 e. The number of carbonyl (C=O) groups excluding carboxylic acids is 2. The lowest BCUT2D eigenvalue weighted by Crippen LogP contribution is -2.46. The molecule has 1 aliphatic rings. The number of halogens is 4. The molecule has 0 spiro atoms. The van der Waals surface area contributed by atoms with Crippen LogP contribution >= 0.6 is 23.2 Å². The van der Waals surface area contributed by atoms with Crippen molar-refractivity contribution in [2.24, 2.45) is 0 Å². The average molecular weight is 742 g/mol. The van der Waals surface area contributed by atoms with E-state index in [0.717, 1.165) is 0 Å². The molecule has 2 aromatic carbocycles. The van der Waals surface area contributed by atoms with Crippen LogP contribution in [0.5, 0.6) is 0 Å². The number of carbonyl (C=O) groups is 2. The van der Waals surface area contributed by atoms with Crippen LogP contribution in [-0.2, 0) is 21.3 Å². The Morgan fingerprint density at radius 2 is 1.28 bits per heavy atom. The molecule has 3 rings (SSSR count). The predicted molar refractivity (Wildman–Crippen MR) is 198 cm³/mol. The van der Waals surface area contributed by atoms with E-state index < -0.39 is 16.6 Å². The zero-order chi connectivity index (χ0) is 39.0. The van der Waals surface area contributed by atoms with Crippen LogP contribution in [0.1, 0.15) is 93.2 Å². The molecule has 0 N–H and O–H groups in total. The molecule has 0 aliphatic carbocycles. The van der Waals surface area contributed by atoms with Crippen molar-refractivity contribution in [1.82, 2.24) is 9.80 Å². The second-order valence-electron chi connectivity index (χ2n) is 12.4. The molecule has 2 amide bonds. The highest BCUT2D eigenvalue weighted by Gasteiger charge is 2.40. The number of alkyl halides is 2. The van der Waals surface area contributed by atoms with Crippen molar-refractivity contribution in [2.75, 3.05) is 37.9 Å². The molecule has 1 fully saturated rings. The van der Waals surface area contributed by atoms with Crippen LogP contribution in [0.25, 0.3) is 0 Å². The fraction of sp³-hybridized carbons (Fsp3) is 0.579. The number of piperidine rings is 1. The summed E-state index contributed by atoms with van der Waals surface area (Å²) in [5.41, 5.74) is -1.02. The zero-order valence-electron chi connectivity index (χ0n) is 31.4. The fourth-order valence-corrected chi connectivity index (χ4v) is 4.65. The summed E-state index contributed by atoms with van der Waals surface area (Å²) in [6.07, 6.45) is 0.214. The van der Waals surface area contributed by atoms with E-state index in [1.54, 1.807) is 41.3 Å². The highest BCUT2D eigenvalue weighted by Crippen LogP contribution is 2.36. The molecule has 12 heteroatoms. The van der Waals surface area contributed by atoms with Crippen molar-refractivity contribution in [3.05, 3.63) is 71.3 Å². The van der Waals surface area contributed by atoms with Crippen LogP contribution < -0.4 is 0 Å². The Labute approximate surface area is 309 Å². The first-order valence-corrected chi connectivity index (χ1v) is 17.9. The Morgan fingerprint density at radius 1 is 0.820 bits per heavy atom. The molecule has 0 aromatic heterocycles. The number of hydrogen-bond donors (Lipinski definition) is 0. The third-order valence-electron chi connectivity index (χ3n) is 6.46. The molecule has 1 saturated heterocycles. The van der Waals surface area contributed by atoms with Gasteiger partial charge >= 0.3 is 12.2 Å². The van der Waals surface area contributed by atoms with Gasteiger partial charge in [0.1, 0.15) is 22.8 Å². The number of benzene rings is 2. The van der Waals surface area contributed by atoms with Gasteiger partial charge in [-0.2, -0.15) is 10.5 Å². The monoisotopic (exact) mass is 740 g/mol. The number of likely N-dealkylation sites (tertiary alicyclic amines) is 1. The first kappa shape index (κ1) is 48.5. The number of ether oxygens (including phenoxy) is 2. The number of nitrogens with zero attached hydrogens (tertiary/aromatic N) is 4. The van der Waals surface area contributed by atoms with Gasteiger partial charge in [0.15, 0.2) is 0 Å². The van der Waals surface area contributed by atoms with Crippen molar-refractivity contribution >= 4 is 35.4 Å². The van der Waals surface area contributed by atoms with Crippen LogP contribution in [0.15, 0.2) is 48.5 Å². The molecule has 8 nitrogen and oxygen atoms in total. The van der Waals surface area contributed by atoms with Gasteiger partial charge in [-0.15, -0.1) is 23.2 Å². The topological polar surface area (TPSA) is 107 Å². The third kappa shape index (κ3) is 19.0. The van der Waals surface area contributed by atoms with Gasteiger partial charge in [-0.25, -0.2) is 18.4 Å². The zero-order valence-corrected chi connectivity index (χ0v) is 32.9. The summed E-state index contributed by atoms with van der Waals surface area (Å²) in [4.78, 5) is 26.7. The van der Waals surface area contributed by atoms with Crippen molar-refractivity contribution in [1.29, 1.82) is 10.5 Å². The van der Waals surface area contributed by atoms with Gasteiger partial charge in [-0.05, 0) is 66.5 Å². The molecule has 280 valence electrons. The molecular formula is C38H56Cl2F2N4O4. The van der Waals surface area contributed by atoms with E-state index in [9.17, 15) is 23.6 Å². The van der Waals surface area contributed by atoms with Gasteiger partial charge in [-0.3, -0.25) is 0 Å². The molecular weight excluding hydrogens is 685 g/mol. The summed E-state index contributed by atoms with van der Waals surface area (Å²) in [5.74, 6) is 0.102. The summed E-state index contributed by atoms with van der Waals surface area (Å²) in [5, 5.41) is 17.8. The highest BCUT2D eigenvalue weighted by atomic mass is 35.5. The minimum atomic E-state index is -0.871. The quantitative estimate of drug-likeness (QED) is 0.273. The first-order chi connectivity index (χ1) is 23.5. The maximum atomic E-state index is 14.0. The van der Waals surface area contributed by atoms with Crippen molar-refractivity contribution in [2.45, 2.75) is 105 Å². The Kier molecular flexibility index (Phi) is 24.6. The van der Waals surface area contributed by atoms with Crippen LogP contribution in [0, 0.1) is 34.3 Å². The highest BCUT2D eigenvalue weighted by molar-refractivity contribution is 6.18. The van der Waals surface area contributed by atoms with E-state index in [1.165, 1.54) is 17.0 Å². The Morgan fingerprint density at radius 3 is 1.68 bits per heavy atom. The number of hydrogen-bond acceptors (Lipinski definition) is 6. The Hall–Kier alpha value is -3.60. The normalized spacial score (nSPS) is 12.9.